The van der Waals surface area contributed by atoms with Crippen molar-refractivity contribution in [3.63, 3.8) is 0 Å². The summed E-state index contributed by atoms with van der Waals surface area (Å²) in [5.74, 6) is 1.79. The average Bonchev–Trinajstić information content (AvgIpc) is 2.72. The third-order valence-electron chi connectivity index (χ3n) is 6.02. The maximum atomic E-state index is 13.2. The van der Waals surface area contributed by atoms with Gasteiger partial charge in [0.1, 0.15) is 11.6 Å². The van der Waals surface area contributed by atoms with E-state index in [0.717, 1.165) is 37.4 Å². The minimum atomic E-state index is -0.247. The first kappa shape index (κ1) is 19.1. The van der Waals surface area contributed by atoms with Gasteiger partial charge in [-0.1, -0.05) is 19.3 Å². The lowest BCUT2D eigenvalue weighted by Gasteiger charge is -2.31. The second-order valence-electron chi connectivity index (χ2n) is 8.19. The molecular formula is C22H30FN5. The van der Waals surface area contributed by atoms with E-state index in [1.54, 1.807) is 12.1 Å². The lowest BCUT2D eigenvalue weighted by Crippen LogP contribution is -2.30. The van der Waals surface area contributed by atoms with E-state index < -0.39 is 0 Å². The summed E-state index contributed by atoms with van der Waals surface area (Å²) < 4.78 is 13.2. The van der Waals surface area contributed by atoms with Crippen molar-refractivity contribution >= 4 is 17.5 Å². The van der Waals surface area contributed by atoms with Gasteiger partial charge in [0.15, 0.2) is 0 Å². The number of piperidine rings is 1. The van der Waals surface area contributed by atoms with E-state index in [1.165, 1.54) is 49.8 Å². The quantitative estimate of drug-likeness (QED) is 0.768. The van der Waals surface area contributed by atoms with Crippen molar-refractivity contribution in [3.8, 4) is 0 Å². The van der Waals surface area contributed by atoms with Crippen molar-refractivity contribution in [2.45, 2.75) is 56.9 Å². The molecule has 1 saturated heterocycles. The molecule has 4 rings (SSSR count). The summed E-state index contributed by atoms with van der Waals surface area (Å²) in [6.45, 7) is 2.23. The molecule has 150 valence electrons. The van der Waals surface area contributed by atoms with Crippen LogP contribution in [0, 0.1) is 5.82 Å². The number of aromatic nitrogens is 2. The normalized spacial score (nSPS) is 19.5. The second-order valence-corrected chi connectivity index (χ2v) is 8.19. The molecule has 0 radical (unpaired) electrons. The van der Waals surface area contributed by atoms with Gasteiger partial charge < -0.3 is 15.5 Å². The first-order valence-corrected chi connectivity index (χ1v) is 10.5. The zero-order valence-corrected chi connectivity index (χ0v) is 16.6. The third kappa shape index (κ3) is 4.79. The number of nitrogens with one attached hydrogen (secondary N) is 2. The molecule has 1 aromatic carbocycles. The Balaban J connectivity index is 1.56. The molecule has 0 spiro atoms. The molecule has 2 fully saturated rings. The summed E-state index contributed by atoms with van der Waals surface area (Å²) in [5, 5.41) is 6.94. The van der Waals surface area contributed by atoms with Crippen LogP contribution in [-0.2, 0) is 0 Å². The topological polar surface area (TPSA) is 53.1 Å². The molecule has 2 aliphatic rings. The van der Waals surface area contributed by atoms with Crippen molar-refractivity contribution in [1.82, 2.24) is 14.9 Å². The van der Waals surface area contributed by atoms with Gasteiger partial charge in [-0.05, 0) is 76.0 Å². The van der Waals surface area contributed by atoms with Crippen LogP contribution in [-0.4, -0.2) is 41.0 Å². The molecule has 1 aliphatic heterocycles. The van der Waals surface area contributed by atoms with Crippen LogP contribution in [0.1, 0.15) is 56.4 Å². The molecule has 28 heavy (non-hydrogen) atoms. The molecule has 1 saturated carbocycles. The Morgan fingerprint density at radius 3 is 2.43 bits per heavy atom. The van der Waals surface area contributed by atoms with Gasteiger partial charge in [-0.3, -0.25) is 0 Å². The minimum Gasteiger partial charge on any atom is -0.367 e. The molecule has 5 nitrogen and oxygen atoms in total. The van der Waals surface area contributed by atoms with E-state index in [0.29, 0.717) is 17.9 Å². The monoisotopic (exact) mass is 383 g/mol. The van der Waals surface area contributed by atoms with Crippen LogP contribution < -0.4 is 10.6 Å². The van der Waals surface area contributed by atoms with Crippen LogP contribution in [0.3, 0.4) is 0 Å². The van der Waals surface area contributed by atoms with Crippen LogP contribution in [0.25, 0.3) is 0 Å². The molecule has 6 heteroatoms. The highest BCUT2D eigenvalue weighted by molar-refractivity contribution is 5.57. The second kappa shape index (κ2) is 8.86. The molecule has 1 aromatic heterocycles. The Kier molecular flexibility index (Phi) is 6.05. The van der Waals surface area contributed by atoms with Crippen LogP contribution >= 0.6 is 0 Å². The summed E-state index contributed by atoms with van der Waals surface area (Å²) in [6.07, 6.45) is 10.6. The fourth-order valence-corrected chi connectivity index (χ4v) is 4.29. The first-order chi connectivity index (χ1) is 13.7. The summed E-state index contributed by atoms with van der Waals surface area (Å²) in [7, 11) is 2.18. The Morgan fingerprint density at radius 1 is 1.00 bits per heavy atom. The molecule has 2 aromatic rings. The molecule has 2 N–H and O–H groups in total. The zero-order valence-electron chi connectivity index (χ0n) is 16.6. The Hall–Kier alpha value is -2.21. The van der Waals surface area contributed by atoms with E-state index in [4.69, 9.17) is 4.98 Å². The van der Waals surface area contributed by atoms with E-state index in [-0.39, 0.29) is 5.82 Å². The van der Waals surface area contributed by atoms with Gasteiger partial charge in [0.05, 0.1) is 0 Å². The highest BCUT2D eigenvalue weighted by Gasteiger charge is 2.24. The molecule has 0 atom stereocenters. The largest absolute Gasteiger partial charge is 0.367 e. The number of hydrogen-bond donors (Lipinski definition) is 2. The maximum absolute atomic E-state index is 13.2. The smallest absolute Gasteiger partial charge is 0.229 e. The maximum Gasteiger partial charge on any atom is 0.229 e. The Morgan fingerprint density at radius 2 is 1.71 bits per heavy atom. The molecule has 0 bridgehead atoms. The third-order valence-corrected chi connectivity index (χ3v) is 6.02. The molecule has 2 heterocycles. The first-order valence-electron chi connectivity index (χ1n) is 10.5. The minimum absolute atomic E-state index is 0.247. The van der Waals surface area contributed by atoms with Gasteiger partial charge in [-0.15, -0.1) is 0 Å². The number of benzene rings is 1. The highest BCUT2D eigenvalue weighted by Crippen LogP contribution is 2.33. The number of nitrogens with zero attached hydrogens (tertiary/aromatic N) is 3. The van der Waals surface area contributed by atoms with Crippen LogP contribution in [0.2, 0.25) is 0 Å². The standard InChI is InChI=1S/C22H30FN5/c1-28-13-11-16(12-14-28)20-15-24-22(26-19-9-7-17(23)8-10-19)27-21(20)25-18-5-3-2-4-6-18/h7-10,15-16,18H,2-6,11-14H2,1H3,(H2,24,25,26,27). The lowest BCUT2D eigenvalue weighted by atomic mass is 9.90. The summed E-state index contributed by atoms with van der Waals surface area (Å²) in [4.78, 5) is 11.8. The fraction of sp³-hybridized carbons (Fsp3) is 0.545. The zero-order chi connectivity index (χ0) is 19.3. The van der Waals surface area contributed by atoms with Crippen molar-refractivity contribution in [1.29, 1.82) is 0 Å². The SMILES string of the molecule is CN1CCC(c2cnc(Nc3ccc(F)cc3)nc2NC2CCCCC2)CC1. The van der Waals surface area contributed by atoms with Crippen LogP contribution in [0.4, 0.5) is 21.8 Å². The fourth-order valence-electron chi connectivity index (χ4n) is 4.29. The van der Waals surface area contributed by atoms with Gasteiger partial charge >= 0.3 is 0 Å². The van der Waals surface area contributed by atoms with Gasteiger partial charge in [-0.2, -0.15) is 4.98 Å². The summed E-state index contributed by atoms with van der Waals surface area (Å²) in [5.41, 5.74) is 2.03. The van der Waals surface area contributed by atoms with Gasteiger partial charge in [0.2, 0.25) is 5.95 Å². The summed E-state index contributed by atoms with van der Waals surface area (Å²) in [6, 6.07) is 6.79. The average molecular weight is 384 g/mol. The van der Waals surface area contributed by atoms with Gasteiger partial charge in [0, 0.05) is 23.5 Å². The number of rotatable bonds is 5. The molecular weight excluding hydrogens is 353 g/mol. The highest BCUT2D eigenvalue weighted by atomic mass is 19.1. The predicted octanol–water partition coefficient (Wildman–Crippen LogP) is 4.91. The Labute approximate surface area is 166 Å². The molecule has 0 amide bonds. The summed E-state index contributed by atoms with van der Waals surface area (Å²) >= 11 is 0. The van der Waals surface area contributed by atoms with E-state index in [9.17, 15) is 4.39 Å². The van der Waals surface area contributed by atoms with Gasteiger partial charge in [0.25, 0.3) is 0 Å². The van der Waals surface area contributed by atoms with E-state index in [2.05, 4.69) is 27.6 Å². The predicted molar refractivity (Wildman–Crippen MR) is 112 cm³/mol. The molecule has 0 unspecified atom stereocenters. The van der Waals surface area contributed by atoms with Crippen molar-refractivity contribution < 1.29 is 4.39 Å². The number of anilines is 3. The van der Waals surface area contributed by atoms with Crippen LogP contribution in [0.5, 0.6) is 0 Å². The van der Waals surface area contributed by atoms with Crippen molar-refractivity contribution in [2.24, 2.45) is 0 Å². The lowest BCUT2D eigenvalue weighted by molar-refractivity contribution is 0.255. The van der Waals surface area contributed by atoms with Crippen molar-refractivity contribution in [2.75, 3.05) is 30.8 Å². The van der Waals surface area contributed by atoms with Crippen LogP contribution in [0.15, 0.2) is 30.5 Å². The Bertz CT molecular complexity index is 765. The number of hydrogen-bond acceptors (Lipinski definition) is 5. The van der Waals surface area contributed by atoms with Gasteiger partial charge in [-0.25, -0.2) is 9.37 Å². The molecule has 1 aliphatic carbocycles. The number of halogens is 1. The number of likely N-dealkylation sites (tertiary alicyclic amines) is 1. The van der Waals surface area contributed by atoms with E-state index >= 15 is 0 Å². The van der Waals surface area contributed by atoms with Crippen molar-refractivity contribution in [3.05, 3.63) is 41.8 Å². The van der Waals surface area contributed by atoms with E-state index in [1.807, 2.05) is 6.20 Å².